The first-order valence-electron chi connectivity index (χ1n) is 6.77. The topological polar surface area (TPSA) is 91.3 Å². The van der Waals surface area contributed by atoms with E-state index < -0.39 is 11.5 Å². The molecule has 0 fully saturated rings. The summed E-state index contributed by atoms with van der Waals surface area (Å²) >= 11 is 6.02. The molecule has 0 saturated heterocycles. The summed E-state index contributed by atoms with van der Waals surface area (Å²) in [6.45, 7) is -2.92. The second-order valence-corrected chi connectivity index (χ2v) is 5.15. The van der Waals surface area contributed by atoms with Gasteiger partial charge in [-0.2, -0.15) is 13.8 Å². The van der Waals surface area contributed by atoms with E-state index in [4.69, 9.17) is 16.1 Å². The standard InChI is InChI=1S/C15H8ClF2N3O4/c16-12-6-3-9(21(22)23)7-11(12)14-19-13(20-25-14)8-1-4-10(5-2-8)24-15(17)18/h1-7,15H. The van der Waals surface area contributed by atoms with Gasteiger partial charge in [-0.3, -0.25) is 10.1 Å². The normalized spacial score (nSPS) is 10.9. The van der Waals surface area contributed by atoms with Crippen LogP contribution in [0.5, 0.6) is 5.75 Å². The zero-order valence-electron chi connectivity index (χ0n) is 12.2. The Morgan fingerprint density at radius 1 is 1.20 bits per heavy atom. The van der Waals surface area contributed by atoms with Crippen molar-refractivity contribution in [3.63, 3.8) is 0 Å². The lowest BCUT2D eigenvalue weighted by Crippen LogP contribution is -2.01. The van der Waals surface area contributed by atoms with Crippen LogP contribution in [0.15, 0.2) is 47.0 Å². The van der Waals surface area contributed by atoms with E-state index in [0.29, 0.717) is 5.56 Å². The summed E-state index contributed by atoms with van der Waals surface area (Å²) < 4.78 is 33.6. The molecule has 0 bridgehead atoms. The van der Waals surface area contributed by atoms with Crippen LogP contribution in [0, 0.1) is 10.1 Å². The molecule has 3 aromatic rings. The maximum absolute atomic E-state index is 12.1. The van der Waals surface area contributed by atoms with Crippen molar-refractivity contribution in [3.8, 4) is 28.6 Å². The zero-order valence-corrected chi connectivity index (χ0v) is 13.0. The summed E-state index contributed by atoms with van der Waals surface area (Å²) in [5.41, 5.74) is 0.526. The summed E-state index contributed by atoms with van der Waals surface area (Å²) in [5.74, 6) is 0.155. The number of rotatable bonds is 5. The highest BCUT2D eigenvalue weighted by atomic mass is 35.5. The fraction of sp³-hybridized carbons (Fsp3) is 0.0667. The first-order chi connectivity index (χ1) is 11.9. The second-order valence-electron chi connectivity index (χ2n) is 4.75. The van der Waals surface area contributed by atoms with E-state index in [9.17, 15) is 18.9 Å². The maximum atomic E-state index is 12.1. The molecule has 0 N–H and O–H groups in total. The highest BCUT2D eigenvalue weighted by molar-refractivity contribution is 6.33. The quantitative estimate of drug-likeness (QED) is 0.484. The van der Waals surface area contributed by atoms with Crippen LogP contribution < -0.4 is 4.74 Å². The average Bonchev–Trinajstić information content (AvgIpc) is 3.05. The minimum Gasteiger partial charge on any atom is -0.435 e. The Hall–Kier alpha value is -3.07. The van der Waals surface area contributed by atoms with Gasteiger partial charge in [-0.15, -0.1) is 0 Å². The molecule has 1 heterocycles. The molecular formula is C15H8ClF2N3O4. The van der Waals surface area contributed by atoms with Crippen molar-refractivity contribution in [2.24, 2.45) is 0 Å². The van der Waals surface area contributed by atoms with Gasteiger partial charge in [0.1, 0.15) is 5.75 Å². The van der Waals surface area contributed by atoms with E-state index in [1.54, 1.807) is 0 Å². The van der Waals surface area contributed by atoms with Gasteiger partial charge in [0.25, 0.3) is 11.6 Å². The number of nitro groups is 1. The van der Waals surface area contributed by atoms with Gasteiger partial charge in [0, 0.05) is 17.7 Å². The Morgan fingerprint density at radius 3 is 2.56 bits per heavy atom. The molecule has 10 heteroatoms. The smallest absolute Gasteiger partial charge is 0.387 e. The van der Waals surface area contributed by atoms with Gasteiger partial charge in [-0.25, -0.2) is 0 Å². The molecule has 0 spiro atoms. The zero-order chi connectivity index (χ0) is 18.0. The molecule has 0 aliphatic heterocycles. The van der Waals surface area contributed by atoms with E-state index in [0.717, 1.165) is 0 Å². The highest BCUT2D eigenvalue weighted by Gasteiger charge is 2.17. The monoisotopic (exact) mass is 367 g/mol. The predicted octanol–water partition coefficient (Wildman–Crippen LogP) is 4.57. The van der Waals surface area contributed by atoms with E-state index in [2.05, 4.69) is 14.9 Å². The molecule has 7 nitrogen and oxygen atoms in total. The molecule has 0 atom stereocenters. The van der Waals surface area contributed by atoms with Crippen LogP contribution in [0.25, 0.3) is 22.8 Å². The fourth-order valence-corrected chi connectivity index (χ4v) is 2.22. The van der Waals surface area contributed by atoms with Crippen molar-refractivity contribution in [1.82, 2.24) is 10.1 Å². The van der Waals surface area contributed by atoms with Gasteiger partial charge in [0.2, 0.25) is 5.82 Å². The summed E-state index contributed by atoms with van der Waals surface area (Å²) in [4.78, 5) is 14.4. The van der Waals surface area contributed by atoms with Crippen LogP contribution in [-0.4, -0.2) is 21.7 Å². The second kappa shape index (κ2) is 6.81. The number of hydrogen-bond donors (Lipinski definition) is 0. The third-order valence-corrected chi connectivity index (χ3v) is 3.48. The van der Waals surface area contributed by atoms with Gasteiger partial charge in [-0.1, -0.05) is 16.8 Å². The van der Waals surface area contributed by atoms with Crippen LogP contribution in [0.2, 0.25) is 5.02 Å². The Balaban J connectivity index is 1.90. The van der Waals surface area contributed by atoms with Gasteiger partial charge < -0.3 is 9.26 Å². The maximum Gasteiger partial charge on any atom is 0.387 e. The molecule has 1 aromatic heterocycles. The molecular weight excluding hydrogens is 360 g/mol. The number of halogens is 3. The van der Waals surface area contributed by atoms with Crippen LogP contribution in [0.1, 0.15) is 0 Å². The lowest BCUT2D eigenvalue weighted by Gasteiger charge is -2.03. The van der Waals surface area contributed by atoms with E-state index in [1.807, 2.05) is 0 Å². The largest absolute Gasteiger partial charge is 0.435 e. The number of nitro benzene ring substituents is 1. The molecule has 128 valence electrons. The minimum atomic E-state index is -2.92. The number of benzene rings is 2. The van der Waals surface area contributed by atoms with Crippen molar-refractivity contribution in [3.05, 3.63) is 57.6 Å². The van der Waals surface area contributed by atoms with E-state index >= 15 is 0 Å². The average molecular weight is 368 g/mol. The van der Waals surface area contributed by atoms with Crippen molar-refractivity contribution in [2.45, 2.75) is 6.61 Å². The van der Waals surface area contributed by atoms with Crippen LogP contribution in [-0.2, 0) is 0 Å². The molecule has 2 aromatic carbocycles. The molecule has 25 heavy (non-hydrogen) atoms. The first kappa shape index (κ1) is 16.8. The molecule has 0 aliphatic rings. The molecule has 0 radical (unpaired) electrons. The minimum absolute atomic E-state index is 0.00314. The van der Waals surface area contributed by atoms with Crippen molar-refractivity contribution in [2.75, 3.05) is 0 Å². The van der Waals surface area contributed by atoms with E-state index in [-0.39, 0.29) is 33.7 Å². The van der Waals surface area contributed by atoms with Gasteiger partial charge in [-0.05, 0) is 30.3 Å². The van der Waals surface area contributed by atoms with E-state index in [1.165, 1.54) is 42.5 Å². The van der Waals surface area contributed by atoms with Gasteiger partial charge >= 0.3 is 6.61 Å². The summed E-state index contributed by atoms with van der Waals surface area (Å²) in [7, 11) is 0. The molecule has 0 unspecified atom stereocenters. The SMILES string of the molecule is O=[N+]([O-])c1ccc(Cl)c(-c2nc(-c3ccc(OC(F)F)cc3)no2)c1. The molecule has 0 aliphatic carbocycles. The lowest BCUT2D eigenvalue weighted by molar-refractivity contribution is -0.384. The van der Waals surface area contributed by atoms with Crippen molar-refractivity contribution in [1.29, 1.82) is 0 Å². The Kier molecular flexibility index (Phi) is 4.57. The Morgan fingerprint density at radius 2 is 1.92 bits per heavy atom. The fourth-order valence-electron chi connectivity index (χ4n) is 2.03. The Bertz CT molecular complexity index is 915. The number of alkyl halides is 2. The van der Waals surface area contributed by atoms with Gasteiger partial charge in [0.15, 0.2) is 0 Å². The number of aromatic nitrogens is 2. The molecule has 0 saturated carbocycles. The summed E-state index contributed by atoms with van der Waals surface area (Å²) in [6.07, 6.45) is 0. The number of hydrogen-bond acceptors (Lipinski definition) is 6. The third kappa shape index (κ3) is 3.72. The van der Waals surface area contributed by atoms with Crippen molar-refractivity contribution >= 4 is 17.3 Å². The number of non-ortho nitro benzene ring substituents is 1. The first-order valence-corrected chi connectivity index (χ1v) is 7.15. The van der Waals surface area contributed by atoms with Gasteiger partial charge in [0.05, 0.1) is 15.5 Å². The van der Waals surface area contributed by atoms with Crippen LogP contribution >= 0.6 is 11.6 Å². The van der Waals surface area contributed by atoms with Crippen molar-refractivity contribution < 1.29 is 23.0 Å². The lowest BCUT2D eigenvalue weighted by atomic mass is 10.2. The number of ether oxygens (including phenoxy) is 1. The molecule has 3 rings (SSSR count). The van der Waals surface area contributed by atoms with Crippen LogP contribution in [0.3, 0.4) is 0 Å². The number of nitrogens with zero attached hydrogens (tertiary/aromatic N) is 3. The summed E-state index contributed by atoms with van der Waals surface area (Å²) in [6, 6.07) is 9.44. The van der Waals surface area contributed by atoms with Crippen LogP contribution in [0.4, 0.5) is 14.5 Å². The highest BCUT2D eigenvalue weighted by Crippen LogP contribution is 2.31. The Labute approximate surface area is 143 Å². The molecule has 0 amide bonds. The predicted molar refractivity (Wildman–Crippen MR) is 83.5 cm³/mol. The third-order valence-electron chi connectivity index (χ3n) is 3.15. The summed E-state index contributed by atoms with van der Waals surface area (Å²) in [5, 5.41) is 14.8.